The second-order valence-corrected chi connectivity index (χ2v) is 5.36. The minimum atomic E-state index is 0.191. The van der Waals surface area contributed by atoms with E-state index in [1.807, 2.05) is 27.8 Å². The fourth-order valence-corrected chi connectivity index (χ4v) is 3.17. The Hall–Kier alpha value is -1.29. The summed E-state index contributed by atoms with van der Waals surface area (Å²) in [5.41, 5.74) is 0.829. The summed E-state index contributed by atoms with van der Waals surface area (Å²) in [5.74, 6) is 0.191. The van der Waals surface area contributed by atoms with Crippen LogP contribution in [0.15, 0.2) is 18.3 Å². The zero-order valence-corrected chi connectivity index (χ0v) is 10.9. The number of rotatable bonds is 2. The standard InChI is InChI=1S/C14H21N3O/c1-2-16-8-3-4-13(16)14(18)17-9-7-11-5-6-12(10-17)15-11/h3-4,8,11-12,15H,2,5-7,9-10H2,1H3. The van der Waals surface area contributed by atoms with E-state index >= 15 is 0 Å². The van der Waals surface area contributed by atoms with E-state index in [9.17, 15) is 4.79 Å². The van der Waals surface area contributed by atoms with Crippen molar-refractivity contribution in [3.63, 3.8) is 0 Å². The fraction of sp³-hybridized carbons (Fsp3) is 0.643. The van der Waals surface area contributed by atoms with Crippen molar-refractivity contribution in [3.05, 3.63) is 24.0 Å². The minimum Gasteiger partial charge on any atom is -0.344 e. The van der Waals surface area contributed by atoms with E-state index in [0.29, 0.717) is 12.1 Å². The number of aromatic nitrogens is 1. The highest BCUT2D eigenvalue weighted by Gasteiger charge is 2.31. The van der Waals surface area contributed by atoms with Crippen molar-refractivity contribution in [2.45, 2.75) is 44.8 Å². The van der Waals surface area contributed by atoms with Crippen LogP contribution >= 0.6 is 0 Å². The summed E-state index contributed by atoms with van der Waals surface area (Å²) in [6.45, 7) is 4.68. The van der Waals surface area contributed by atoms with Gasteiger partial charge in [-0.05, 0) is 38.3 Å². The number of likely N-dealkylation sites (tertiary alicyclic amines) is 1. The fourth-order valence-electron chi connectivity index (χ4n) is 3.17. The molecule has 2 unspecified atom stereocenters. The molecular formula is C14H21N3O. The lowest BCUT2D eigenvalue weighted by atomic mass is 10.1. The number of nitrogens with zero attached hydrogens (tertiary/aromatic N) is 2. The molecule has 4 heteroatoms. The van der Waals surface area contributed by atoms with Crippen LogP contribution in [-0.2, 0) is 6.54 Å². The zero-order chi connectivity index (χ0) is 12.5. The molecule has 0 radical (unpaired) electrons. The molecule has 0 spiro atoms. The highest BCUT2D eigenvalue weighted by molar-refractivity contribution is 5.92. The predicted octanol–water partition coefficient (Wildman–Crippen LogP) is 1.47. The van der Waals surface area contributed by atoms with Crippen molar-refractivity contribution < 1.29 is 4.79 Å². The molecule has 2 fully saturated rings. The Morgan fingerprint density at radius 1 is 1.39 bits per heavy atom. The summed E-state index contributed by atoms with van der Waals surface area (Å²) in [4.78, 5) is 14.6. The highest BCUT2D eigenvalue weighted by atomic mass is 16.2. The van der Waals surface area contributed by atoms with Crippen molar-refractivity contribution in [2.75, 3.05) is 13.1 Å². The average Bonchev–Trinajstić information content (AvgIpc) is 2.94. The molecule has 4 nitrogen and oxygen atoms in total. The molecule has 1 amide bonds. The molecule has 98 valence electrons. The maximum atomic E-state index is 12.5. The van der Waals surface area contributed by atoms with Crippen molar-refractivity contribution in [2.24, 2.45) is 0 Å². The van der Waals surface area contributed by atoms with Crippen LogP contribution in [0.3, 0.4) is 0 Å². The third kappa shape index (κ3) is 2.05. The monoisotopic (exact) mass is 247 g/mol. The Kier molecular flexibility index (Phi) is 3.12. The maximum Gasteiger partial charge on any atom is 0.270 e. The number of carbonyl (C=O) groups is 1. The van der Waals surface area contributed by atoms with Gasteiger partial charge in [-0.2, -0.15) is 0 Å². The van der Waals surface area contributed by atoms with Crippen LogP contribution in [0.1, 0.15) is 36.7 Å². The normalized spacial score (nSPS) is 27.3. The molecule has 2 bridgehead atoms. The first kappa shape index (κ1) is 11.8. The van der Waals surface area contributed by atoms with E-state index in [-0.39, 0.29) is 5.91 Å². The van der Waals surface area contributed by atoms with Gasteiger partial charge in [0, 0.05) is 37.9 Å². The smallest absolute Gasteiger partial charge is 0.270 e. The third-order valence-corrected chi connectivity index (χ3v) is 4.20. The van der Waals surface area contributed by atoms with Gasteiger partial charge >= 0.3 is 0 Å². The van der Waals surface area contributed by atoms with Gasteiger partial charge in [-0.1, -0.05) is 0 Å². The van der Waals surface area contributed by atoms with E-state index in [2.05, 4.69) is 12.2 Å². The molecule has 3 heterocycles. The lowest BCUT2D eigenvalue weighted by molar-refractivity contribution is 0.0737. The van der Waals surface area contributed by atoms with Crippen molar-refractivity contribution >= 4 is 5.91 Å². The topological polar surface area (TPSA) is 37.3 Å². The Balaban J connectivity index is 1.76. The number of nitrogens with one attached hydrogen (secondary N) is 1. The second-order valence-electron chi connectivity index (χ2n) is 5.36. The molecule has 1 aromatic rings. The molecule has 2 aliphatic heterocycles. The lowest BCUT2D eigenvalue weighted by Gasteiger charge is -2.24. The second kappa shape index (κ2) is 4.76. The minimum absolute atomic E-state index is 0.191. The third-order valence-electron chi connectivity index (χ3n) is 4.20. The first-order valence-corrected chi connectivity index (χ1v) is 6.98. The van der Waals surface area contributed by atoms with Gasteiger partial charge in [0.2, 0.25) is 0 Å². The van der Waals surface area contributed by atoms with Gasteiger partial charge in [0.1, 0.15) is 5.69 Å². The Morgan fingerprint density at radius 3 is 3.06 bits per heavy atom. The van der Waals surface area contributed by atoms with Gasteiger partial charge < -0.3 is 14.8 Å². The summed E-state index contributed by atoms with van der Waals surface area (Å²) < 4.78 is 2.03. The van der Waals surface area contributed by atoms with E-state index in [1.54, 1.807) is 0 Å². The molecule has 0 aromatic carbocycles. The van der Waals surface area contributed by atoms with Gasteiger partial charge in [-0.25, -0.2) is 0 Å². The van der Waals surface area contributed by atoms with Gasteiger partial charge in [0.05, 0.1) is 0 Å². The van der Waals surface area contributed by atoms with Crippen molar-refractivity contribution in [1.82, 2.24) is 14.8 Å². The molecular weight excluding hydrogens is 226 g/mol. The highest BCUT2D eigenvalue weighted by Crippen LogP contribution is 2.21. The van der Waals surface area contributed by atoms with Crippen LogP contribution in [0.4, 0.5) is 0 Å². The summed E-state index contributed by atoms with van der Waals surface area (Å²) in [6.07, 6.45) is 5.56. The van der Waals surface area contributed by atoms with Crippen LogP contribution < -0.4 is 5.32 Å². The SMILES string of the molecule is CCn1cccc1C(=O)N1CCC2CCC(C1)N2. The predicted molar refractivity (Wildman–Crippen MR) is 70.6 cm³/mol. The molecule has 3 rings (SSSR count). The van der Waals surface area contributed by atoms with Crippen molar-refractivity contribution in [1.29, 1.82) is 0 Å². The van der Waals surface area contributed by atoms with Crippen LogP contribution in [0, 0.1) is 0 Å². The molecule has 0 aliphatic carbocycles. The summed E-state index contributed by atoms with van der Waals surface area (Å²) in [5, 5.41) is 3.61. The summed E-state index contributed by atoms with van der Waals surface area (Å²) >= 11 is 0. The number of hydrogen-bond acceptors (Lipinski definition) is 2. The van der Waals surface area contributed by atoms with Gasteiger partial charge in [-0.3, -0.25) is 4.79 Å². The number of amides is 1. The van der Waals surface area contributed by atoms with E-state index in [0.717, 1.165) is 31.7 Å². The molecule has 2 atom stereocenters. The Morgan fingerprint density at radius 2 is 2.22 bits per heavy atom. The molecule has 1 aromatic heterocycles. The Labute approximate surface area is 108 Å². The lowest BCUT2D eigenvalue weighted by Crippen LogP contribution is -2.39. The number of hydrogen-bond donors (Lipinski definition) is 1. The van der Waals surface area contributed by atoms with Gasteiger partial charge in [0.25, 0.3) is 5.91 Å². The first-order chi connectivity index (χ1) is 8.78. The number of aryl methyl sites for hydroxylation is 1. The maximum absolute atomic E-state index is 12.5. The van der Waals surface area contributed by atoms with Crippen LogP contribution in [0.2, 0.25) is 0 Å². The van der Waals surface area contributed by atoms with E-state index in [1.165, 1.54) is 12.8 Å². The number of carbonyl (C=O) groups excluding carboxylic acids is 1. The Bertz CT molecular complexity index is 440. The zero-order valence-electron chi connectivity index (χ0n) is 10.9. The van der Waals surface area contributed by atoms with Crippen LogP contribution in [-0.4, -0.2) is 40.5 Å². The molecule has 1 N–H and O–H groups in total. The quantitative estimate of drug-likeness (QED) is 0.859. The molecule has 2 aliphatic rings. The average molecular weight is 247 g/mol. The largest absolute Gasteiger partial charge is 0.344 e. The van der Waals surface area contributed by atoms with Crippen molar-refractivity contribution in [3.8, 4) is 0 Å². The summed E-state index contributed by atoms with van der Waals surface area (Å²) in [6, 6.07) is 5.03. The van der Waals surface area contributed by atoms with E-state index < -0.39 is 0 Å². The number of fused-ring (bicyclic) bond motifs is 2. The van der Waals surface area contributed by atoms with E-state index in [4.69, 9.17) is 0 Å². The summed E-state index contributed by atoms with van der Waals surface area (Å²) in [7, 11) is 0. The van der Waals surface area contributed by atoms with Gasteiger partial charge in [-0.15, -0.1) is 0 Å². The van der Waals surface area contributed by atoms with Crippen LogP contribution in [0.25, 0.3) is 0 Å². The molecule has 2 saturated heterocycles. The van der Waals surface area contributed by atoms with Crippen LogP contribution in [0.5, 0.6) is 0 Å². The van der Waals surface area contributed by atoms with Gasteiger partial charge in [0.15, 0.2) is 0 Å². The first-order valence-electron chi connectivity index (χ1n) is 6.98. The molecule has 18 heavy (non-hydrogen) atoms. The molecule has 0 saturated carbocycles.